The first-order chi connectivity index (χ1) is 20.6. The number of carbonyl (C=O) groups excluding carboxylic acids is 2. The van der Waals surface area contributed by atoms with Crippen LogP contribution in [0, 0.1) is 11.8 Å². The van der Waals surface area contributed by atoms with Gasteiger partial charge in [0.05, 0.1) is 31.1 Å². The monoisotopic (exact) mass is 630 g/mol. The summed E-state index contributed by atoms with van der Waals surface area (Å²) in [5.74, 6) is 5.03. The van der Waals surface area contributed by atoms with Gasteiger partial charge in [-0.1, -0.05) is 35.6 Å². The van der Waals surface area contributed by atoms with E-state index in [9.17, 15) is 18.0 Å². The molecule has 10 nitrogen and oxygen atoms in total. The second-order valence-electron chi connectivity index (χ2n) is 10.5. The molecule has 0 saturated carbocycles. The Morgan fingerprint density at radius 3 is 2.74 bits per heavy atom. The molecule has 2 aliphatic heterocycles. The first-order valence-corrected chi connectivity index (χ1v) is 16.1. The van der Waals surface area contributed by atoms with E-state index in [0.717, 1.165) is 12.8 Å². The van der Waals surface area contributed by atoms with Crippen molar-refractivity contribution in [2.45, 2.75) is 64.1 Å². The number of halogens is 1. The Bertz CT molecular complexity index is 1520. The molecule has 43 heavy (non-hydrogen) atoms. The van der Waals surface area contributed by atoms with Crippen LogP contribution >= 0.6 is 11.6 Å². The number of pyridine rings is 1. The second-order valence-corrected chi connectivity index (χ2v) is 12.4. The van der Waals surface area contributed by atoms with E-state index in [1.807, 2.05) is 0 Å². The SMILES string of the molecule is COc1cc(C#CCCCCS(=O)(=O)O)ccc1COC(=O)C1=C(C)N(CC2CCCO2)C(=O)C[C@H]1c1ccc(Cl)nc1. The minimum Gasteiger partial charge on any atom is -0.496 e. The van der Waals surface area contributed by atoms with Crippen molar-refractivity contribution in [2.75, 3.05) is 26.0 Å². The van der Waals surface area contributed by atoms with Crippen LogP contribution in [0.2, 0.25) is 5.15 Å². The Kier molecular flexibility index (Phi) is 11.2. The van der Waals surface area contributed by atoms with Crippen molar-refractivity contribution in [1.82, 2.24) is 9.88 Å². The van der Waals surface area contributed by atoms with Crippen LogP contribution in [0.1, 0.15) is 68.1 Å². The molecule has 2 atom stereocenters. The molecule has 3 heterocycles. The summed E-state index contributed by atoms with van der Waals surface area (Å²) in [4.78, 5) is 32.7. The van der Waals surface area contributed by atoms with Gasteiger partial charge in [-0.2, -0.15) is 8.42 Å². The fourth-order valence-electron chi connectivity index (χ4n) is 5.20. The number of amides is 1. The normalized spacial score (nSPS) is 18.8. The minimum atomic E-state index is -3.96. The quantitative estimate of drug-likeness (QED) is 0.124. The van der Waals surface area contributed by atoms with Crippen LogP contribution < -0.4 is 4.74 Å². The lowest BCUT2D eigenvalue weighted by molar-refractivity contribution is -0.141. The van der Waals surface area contributed by atoms with Crippen LogP contribution in [0.25, 0.3) is 0 Å². The van der Waals surface area contributed by atoms with Crippen molar-refractivity contribution < 1.29 is 36.8 Å². The predicted molar refractivity (Wildman–Crippen MR) is 160 cm³/mol. The molecule has 0 bridgehead atoms. The van der Waals surface area contributed by atoms with Gasteiger partial charge >= 0.3 is 5.97 Å². The third kappa shape index (κ3) is 9.03. The van der Waals surface area contributed by atoms with E-state index in [2.05, 4.69) is 16.8 Å². The maximum Gasteiger partial charge on any atom is 0.336 e. The number of unbranched alkanes of at least 4 members (excludes halogenated alkanes) is 2. The summed E-state index contributed by atoms with van der Waals surface area (Å²) in [5.41, 5.74) is 2.94. The fourth-order valence-corrected chi connectivity index (χ4v) is 5.88. The number of nitrogens with zero attached hydrogens (tertiary/aromatic N) is 2. The van der Waals surface area contributed by atoms with Gasteiger partial charge in [0.1, 0.15) is 17.5 Å². The maximum atomic E-state index is 13.7. The number of benzene rings is 1. The molecule has 0 spiro atoms. The van der Waals surface area contributed by atoms with Gasteiger partial charge in [0.2, 0.25) is 5.91 Å². The van der Waals surface area contributed by atoms with Gasteiger partial charge in [-0.3, -0.25) is 9.35 Å². The average molecular weight is 631 g/mol. The van der Waals surface area contributed by atoms with Crippen LogP contribution in [0.15, 0.2) is 47.8 Å². The molecule has 1 aromatic carbocycles. The minimum absolute atomic E-state index is 0.0621. The molecular weight excluding hydrogens is 596 g/mol. The Labute approximate surface area is 257 Å². The van der Waals surface area contributed by atoms with Crippen molar-refractivity contribution in [1.29, 1.82) is 0 Å². The summed E-state index contributed by atoms with van der Waals surface area (Å²) in [6, 6.07) is 8.69. The summed E-state index contributed by atoms with van der Waals surface area (Å²) in [7, 11) is -2.45. The van der Waals surface area contributed by atoms with E-state index in [1.54, 1.807) is 48.4 Å². The van der Waals surface area contributed by atoms with Gasteiger partial charge in [0, 0.05) is 48.4 Å². The van der Waals surface area contributed by atoms with E-state index in [0.29, 0.717) is 71.3 Å². The number of allylic oxidation sites excluding steroid dienone is 1. The van der Waals surface area contributed by atoms with E-state index >= 15 is 0 Å². The van der Waals surface area contributed by atoms with Crippen LogP contribution in [0.5, 0.6) is 5.75 Å². The number of carbonyl (C=O) groups is 2. The van der Waals surface area contributed by atoms with Crippen molar-refractivity contribution in [2.24, 2.45) is 0 Å². The Hall–Kier alpha value is -3.43. The topological polar surface area (TPSA) is 132 Å². The van der Waals surface area contributed by atoms with Gasteiger partial charge in [-0.25, -0.2) is 9.78 Å². The summed E-state index contributed by atoms with van der Waals surface area (Å²) >= 11 is 5.99. The Morgan fingerprint density at radius 1 is 1.26 bits per heavy atom. The molecule has 1 N–H and O–H groups in total. The number of ether oxygens (including phenoxy) is 3. The highest BCUT2D eigenvalue weighted by atomic mass is 35.5. The van der Waals surface area contributed by atoms with E-state index in [4.69, 9.17) is 30.4 Å². The van der Waals surface area contributed by atoms with Crippen molar-refractivity contribution >= 4 is 33.6 Å². The summed E-state index contributed by atoms with van der Waals surface area (Å²) in [6.07, 6.45) is 4.72. The highest BCUT2D eigenvalue weighted by molar-refractivity contribution is 7.85. The molecule has 0 radical (unpaired) electrons. The van der Waals surface area contributed by atoms with Gasteiger partial charge in [0.15, 0.2) is 0 Å². The van der Waals surface area contributed by atoms with Crippen molar-refractivity contribution in [3.8, 4) is 17.6 Å². The third-order valence-corrected chi connectivity index (χ3v) is 8.47. The lowest BCUT2D eigenvalue weighted by Crippen LogP contribution is -2.42. The zero-order valence-electron chi connectivity index (χ0n) is 24.2. The summed E-state index contributed by atoms with van der Waals surface area (Å²) in [5, 5.41) is 0.313. The van der Waals surface area contributed by atoms with Crippen LogP contribution in [-0.2, 0) is 35.8 Å². The molecule has 0 aliphatic carbocycles. The standard InChI is InChI=1S/C31H35ClN2O8S/c1-21-30(26(23-12-13-28(32)33-18-23)17-29(35)34(21)19-25-9-7-14-41-25)31(36)42-20-24-11-10-22(16-27(24)40-2)8-5-3-4-6-15-43(37,38)39/h10-13,16,18,25-26H,3-4,6-7,9,14-15,17,19-20H2,1-2H3,(H,37,38,39)/t25?,26-/m0/s1. The molecule has 1 amide bonds. The molecule has 230 valence electrons. The predicted octanol–water partition coefficient (Wildman–Crippen LogP) is 4.67. The summed E-state index contributed by atoms with van der Waals surface area (Å²) < 4.78 is 47.5. The van der Waals surface area contributed by atoms with Crippen molar-refractivity contribution in [3.05, 3.63) is 69.6 Å². The molecule has 1 fully saturated rings. The average Bonchev–Trinajstić information content (AvgIpc) is 3.49. The molecule has 1 aromatic heterocycles. The fraction of sp³-hybridized carbons (Fsp3) is 0.452. The molecule has 12 heteroatoms. The highest BCUT2D eigenvalue weighted by Gasteiger charge is 2.38. The zero-order chi connectivity index (χ0) is 31.0. The van der Waals surface area contributed by atoms with Crippen LogP contribution in [0.3, 0.4) is 0 Å². The zero-order valence-corrected chi connectivity index (χ0v) is 25.7. The number of esters is 1. The van der Waals surface area contributed by atoms with Crippen molar-refractivity contribution in [3.63, 3.8) is 0 Å². The lowest BCUT2D eigenvalue weighted by atomic mass is 9.84. The molecule has 1 unspecified atom stereocenters. The van der Waals surface area contributed by atoms with Crippen LogP contribution in [0.4, 0.5) is 0 Å². The lowest BCUT2D eigenvalue weighted by Gasteiger charge is -2.35. The number of aromatic nitrogens is 1. The second kappa shape index (κ2) is 14.8. The van der Waals surface area contributed by atoms with E-state index in [-0.39, 0.29) is 30.8 Å². The Morgan fingerprint density at radius 2 is 2.07 bits per heavy atom. The van der Waals surface area contributed by atoms with Gasteiger partial charge in [-0.05, 0) is 56.4 Å². The largest absolute Gasteiger partial charge is 0.496 e. The summed E-state index contributed by atoms with van der Waals surface area (Å²) in [6.45, 7) is 2.74. The van der Waals surface area contributed by atoms with Gasteiger partial charge in [-0.15, -0.1) is 0 Å². The first-order valence-electron chi connectivity index (χ1n) is 14.1. The maximum absolute atomic E-state index is 13.7. The Balaban J connectivity index is 1.49. The number of methoxy groups -OCH3 is 1. The molecule has 2 aromatic rings. The van der Waals surface area contributed by atoms with E-state index < -0.39 is 22.0 Å². The van der Waals surface area contributed by atoms with Gasteiger partial charge in [0.25, 0.3) is 10.1 Å². The highest BCUT2D eigenvalue weighted by Crippen LogP contribution is 2.38. The molecular formula is C31H35ClN2O8S. The molecule has 2 aliphatic rings. The van der Waals surface area contributed by atoms with E-state index in [1.165, 1.54) is 7.11 Å². The number of hydrogen-bond donors (Lipinski definition) is 1. The molecule has 4 rings (SSSR count). The van der Waals surface area contributed by atoms with Crippen LogP contribution in [-0.4, -0.2) is 66.8 Å². The third-order valence-electron chi connectivity index (χ3n) is 7.44. The number of hydrogen-bond acceptors (Lipinski definition) is 8. The smallest absolute Gasteiger partial charge is 0.336 e. The van der Waals surface area contributed by atoms with Gasteiger partial charge < -0.3 is 19.1 Å². The molecule has 1 saturated heterocycles. The number of rotatable bonds is 11. The first kappa shape index (κ1) is 32.5.